The highest BCUT2D eigenvalue weighted by Crippen LogP contribution is 2.21. The van der Waals surface area contributed by atoms with E-state index in [4.69, 9.17) is 0 Å². The van der Waals surface area contributed by atoms with Gasteiger partial charge < -0.3 is 15.5 Å². The highest BCUT2D eigenvalue weighted by Gasteiger charge is 2.08. The summed E-state index contributed by atoms with van der Waals surface area (Å²) < 4.78 is 0. The molecule has 2 rings (SSSR count). The largest absolute Gasteiger partial charge is 0.356 e. The Kier molecular flexibility index (Phi) is 8.39. The first-order chi connectivity index (χ1) is 13.4. The Bertz CT molecular complexity index is 833. The molecule has 0 atom stereocenters. The average molecular weight is 399 g/mol. The van der Waals surface area contributed by atoms with Crippen molar-refractivity contribution >= 4 is 23.6 Å². The zero-order valence-corrected chi connectivity index (χ0v) is 18.2. The van der Waals surface area contributed by atoms with Gasteiger partial charge in [-0.1, -0.05) is 24.3 Å². The van der Waals surface area contributed by atoms with Crippen molar-refractivity contribution in [3.8, 4) is 0 Å². The lowest BCUT2D eigenvalue weighted by atomic mass is 10.1. The van der Waals surface area contributed by atoms with E-state index in [1.807, 2.05) is 24.3 Å². The maximum Gasteiger partial charge on any atom is 0.253 e. The van der Waals surface area contributed by atoms with Gasteiger partial charge in [-0.05, 0) is 54.5 Å². The zero-order chi connectivity index (χ0) is 20.5. The number of guanidine groups is 1. The van der Waals surface area contributed by atoms with E-state index in [1.165, 1.54) is 16.0 Å². The molecule has 1 amide bonds. The number of aryl methyl sites for hydroxylation is 1. The number of aliphatic imine (C=N–C) groups is 1. The molecule has 2 aromatic rings. The van der Waals surface area contributed by atoms with Crippen molar-refractivity contribution in [2.24, 2.45) is 4.99 Å². The van der Waals surface area contributed by atoms with Gasteiger partial charge in [-0.25, -0.2) is 0 Å². The normalized spacial score (nSPS) is 11.2. The number of amides is 1. The summed E-state index contributed by atoms with van der Waals surface area (Å²) in [5, 5.41) is 6.72. The third kappa shape index (κ3) is 6.30. The molecule has 0 unspecified atom stereocenters. The summed E-state index contributed by atoms with van der Waals surface area (Å²) >= 11 is 1.76. The topological polar surface area (TPSA) is 56.7 Å². The molecule has 5 nitrogen and oxygen atoms in total. The van der Waals surface area contributed by atoms with Crippen LogP contribution in [-0.4, -0.2) is 50.7 Å². The number of thioether (sulfide) groups is 1. The van der Waals surface area contributed by atoms with E-state index in [1.54, 1.807) is 37.8 Å². The van der Waals surface area contributed by atoms with Crippen LogP contribution in [0.5, 0.6) is 0 Å². The fourth-order valence-corrected chi connectivity index (χ4v) is 3.55. The second-order valence-corrected chi connectivity index (χ2v) is 7.67. The summed E-state index contributed by atoms with van der Waals surface area (Å²) in [4.78, 5) is 19.3. The van der Waals surface area contributed by atoms with Gasteiger partial charge in [-0.2, -0.15) is 0 Å². The molecule has 150 valence electrons. The number of hydrogen-bond donors (Lipinski definition) is 2. The minimum atomic E-state index is 0.0231. The first-order valence-corrected chi connectivity index (χ1v) is 10.6. The van der Waals surface area contributed by atoms with Gasteiger partial charge in [0.05, 0.1) is 0 Å². The van der Waals surface area contributed by atoms with Crippen LogP contribution in [0, 0.1) is 6.92 Å². The van der Waals surface area contributed by atoms with E-state index in [0.29, 0.717) is 5.56 Å². The summed E-state index contributed by atoms with van der Waals surface area (Å²) in [6.45, 7) is 3.57. The maximum atomic E-state index is 12.1. The van der Waals surface area contributed by atoms with Gasteiger partial charge in [0.25, 0.3) is 5.91 Å². The van der Waals surface area contributed by atoms with E-state index < -0.39 is 0 Å². The minimum absolute atomic E-state index is 0.0231. The molecule has 0 saturated carbocycles. The molecular weight excluding hydrogens is 368 g/mol. The van der Waals surface area contributed by atoms with Gasteiger partial charge in [0, 0.05) is 44.7 Å². The molecule has 0 aliphatic rings. The average Bonchev–Trinajstić information content (AvgIpc) is 2.70. The predicted octanol–water partition coefficient (Wildman–Crippen LogP) is 3.33. The maximum absolute atomic E-state index is 12.1. The van der Waals surface area contributed by atoms with Crippen LogP contribution in [0.25, 0.3) is 0 Å². The molecule has 0 radical (unpaired) electrons. The Hall–Kier alpha value is -2.47. The molecule has 0 spiro atoms. The van der Waals surface area contributed by atoms with Crippen molar-refractivity contribution in [1.82, 2.24) is 15.5 Å². The third-order valence-corrected chi connectivity index (χ3v) is 5.22. The van der Waals surface area contributed by atoms with E-state index in [-0.39, 0.29) is 5.91 Å². The summed E-state index contributed by atoms with van der Waals surface area (Å²) in [5.41, 5.74) is 4.37. The molecule has 0 heterocycles. The fourth-order valence-electron chi connectivity index (χ4n) is 2.84. The summed E-state index contributed by atoms with van der Waals surface area (Å²) in [6.07, 6.45) is 2.91. The molecule has 0 aliphatic heterocycles. The second kappa shape index (κ2) is 10.8. The highest BCUT2D eigenvalue weighted by atomic mass is 32.2. The van der Waals surface area contributed by atoms with Gasteiger partial charge in [0.2, 0.25) is 0 Å². The smallest absolute Gasteiger partial charge is 0.253 e. The quantitative estimate of drug-likeness (QED) is 0.427. The standard InChI is InChI=1S/C22H30N4OS/c1-16-9-10-19(20(13-16)28-5)15-25-22(23-2)24-12-11-17-7-6-8-18(14-17)21(27)26(3)4/h6-10,13-14H,11-12,15H2,1-5H3,(H2,23,24,25). The SMILES string of the molecule is CN=C(NCCc1cccc(C(=O)N(C)C)c1)NCc1ccc(C)cc1SC. The van der Waals surface area contributed by atoms with Crippen molar-refractivity contribution in [1.29, 1.82) is 0 Å². The van der Waals surface area contributed by atoms with E-state index in [0.717, 1.165) is 31.0 Å². The Labute approximate surface area is 172 Å². The van der Waals surface area contributed by atoms with E-state index in [2.05, 4.69) is 47.0 Å². The first kappa shape index (κ1) is 21.8. The van der Waals surface area contributed by atoms with Crippen molar-refractivity contribution < 1.29 is 4.79 Å². The lowest BCUT2D eigenvalue weighted by Gasteiger charge is -2.14. The number of nitrogens with one attached hydrogen (secondary N) is 2. The molecule has 2 N–H and O–H groups in total. The van der Waals surface area contributed by atoms with Crippen LogP contribution >= 0.6 is 11.8 Å². The highest BCUT2D eigenvalue weighted by molar-refractivity contribution is 7.98. The Morgan fingerprint density at radius 2 is 1.93 bits per heavy atom. The van der Waals surface area contributed by atoms with Crippen molar-refractivity contribution in [2.75, 3.05) is 33.9 Å². The molecule has 6 heteroatoms. The summed E-state index contributed by atoms with van der Waals surface area (Å²) in [5.74, 6) is 0.795. The van der Waals surface area contributed by atoms with Crippen molar-refractivity contribution in [2.45, 2.75) is 24.8 Å². The van der Waals surface area contributed by atoms with Crippen LogP contribution in [0.2, 0.25) is 0 Å². The van der Waals surface area contributed by atoms with Crippen LogP contribution in [0.15, 0.2) is 52.4 Å². The zero-order valence-electron chi connectivity index (χ0n) is 17.4. The molecule has 0 bridgehead atoms. The monoisotopic (exact) mass is 398 g/mol. The second-order valence-electron chi connectivity index (χ2n) is 6.82. The molecular formula is C22H30N4OS. The predicted molar refractivity (Wildman–Crippen MR) is 119 cm³/mol. The van der Waals surface area contributed by atoms with Gasteiger partial charge in [-0.15, -0.1) is 11.8 Å². The van der Waals surface area contributed by atoms with Gasteiger partial charge in [0.15, 0.2) is 5.96 Å². The van der Waals surface area contributed by atoms with Crippen molar-refractivity contribution in [3.63, 3.8) is 0 Å². The fraction of sp³-hybridized carbons (Fsp3) is 0.364. The van der Waals surface area contributed by atoms with Crippen LogP contribution in [0.1, 0.15) is 27.0 Å². The number of rotatable bonds is 7. The molecule has 0 fully saturated rings. The molecule has 2 aromatic carbocycles. The van der Waals surface area contributed by atoms with Crippen LogP contribution in [0.4, 0.5) is 0 Å². The van der Waals surface area contributed by atoms with Crippen LogP contribution < -0.4 is 10.6 Å². The van der Waals surface area contributed by atoms with E-state index in [9.17, 15) is 4.79 Å². The van der Waals surface area contributed by atoms with Gasteiger partial charge >= 0.3 is 0 Å². The molecule has 28 heavy (non-hydrogen) atoms. The van der Waals surface area contributed by atoms with E-state index >= 15 is 0 Å². The number of benzene rings is 2. The molecule has 0 aromatic heterocycles. The third-order valence-electron chi connectivity index (χ3n) is 4.40. The number of carbonyl (C=O) groups is 1. The molecule has 0 aliphatic carbocycles. The molecule has 0 saturated heterocycles. The minimum Gasteiger partial charge on any atom is -0.356 e. The first-order valence-electron chi connectivity index (χ1n) is 9.33. The number of carbonyl (C=O) groups excluding carboxylic acids is 1. The van der Waals surface area contributed by atoms with Crippen molar-refractivity contribution in [3.05, 3.63) is 64.7 Å². The Morgan fingerprint density at radius 1 is 1.14 bits per heavy atom. The lowest BCUT2D eigenvalue weighted by molar-refractivity contribution is 0.0827. The van der Waals surface area contributed by atoms with Crippen LogP contribution in [0.3, 0.4) is 0 Å². The lowest BCUT2D eigenvalue weighted by Crippen LogP contribution is -2.38. The number of nitrogens with zero attached hydrogens (tertiary/aromatic N) is 2. The van der Waals surface area contributed by atoms with Gasteiger partial charge in [0.1, 0.15) is 0 Å². The number of hydrogen-bond acceptors (Lipinski definition) is 3. The van der Waals surface area contributed by atoms with Crippen LogP contribution in [-0.2, 0) is 13.0 Å². The Morgan fingerprint density at radius 3 is 2.61 bits per heavy atom. The van der Waals surface area contributed by atoms with Gasteiger partial charge in [-0.3, -0.25) is 9.79 Å². The summed E-state index contributed by atoms with van der Waals surface area (Å²) in [6, 6.07) is 14.3. The summed E-state index contributed by atoms with van der Waals surface area (Å²) in [7, 11) is 5.31. The Balaban J connectivity index is 1.88.